The molecule has 0 radical (unpaired) electrons. The smallest absolute Gasteiger partial charge is 0.407 e. The first-order chi connectivity index (χ1) is 16.9. The third kappa shape index (κ3) is 6.19. The third-order valence-corrected chi connectivity index (χ3v) is 6.86. The fraction of sp³-hybridized carbons (Fsp3) is 0.444. The molecule has 1 fully saturated rings. The second-order valence-electron chi connectivity index (χ2n) is 9.40. The van der Waals surface area contributed by atoms with Crippen molar-refractivity contribution >= 4 is 18.0 Å². The van der Waals surface area contributed by atoms with Crippen molar-refractivity contribution in [3.63, 3.8) is 0 Å². The number of carboxylic acid groups (broad SMARTS) is 1. The van der Waals surface area contributed by atoms with E-state index in [2.05, 4.69) is 29.6 Å². The molecular weight excluding hydrogens is 446 g/mol. The summed E-state index contributed by atoms with van der Waals surface area (Å²) in [5.74, 6) is -0.620. The van der Waals surface area contributed by atoms with E-state index in [1.54, 1.807) is 4.90 Å². The molecule has 35 heavy (non-hydrogen) atoms. The molecule has 2 amide bonds. The van der Waals surface area contributed by atoms with E-state index in [0.29, 0.717) is 45.6 Å². The van der Waals surface area contributed by atoms with Crippen LogP contribution in [0.1, 0.15) is 36.8 Å². The van der Waals surface area contributed by atoms with Gasteiger partial charge in [-0.1, -0.05) is 55.5 Å². The normalized spacial score (nSPS) is 16.3. The van der Waals surface area contributed by atoms with E-state index in [9.17, 15) is 14.4 Å². The Bertz CT molecular complexity index is 1020. The summed E-state index contributed by atoms with van der Waals surface area (Å²) in [5.41, 5.74) is 4.74. The molecular formula is C27H33N3O5. The van der Waals surface area contributed by atoms with Crippen LogP contribution in [0.15, 0.2) is 48.5 Å². The lowest BCUT2D eigenvalue weighted by Crippen LogP contribution is -2.50. The number of carboxylic acids is 1. The standard InChI is InChI=1S/C27H33N3O5/c1-19(16-25(31)30-14-12-29(13-15-30)17-26(32)33)10-11-28-27(34)35-18-24-22-8-4-2-6-20(22)21-7-3-5-9-23(21)24/h2-9,19,24H,10-18H2,1H3,(H,28,34)(H,32,33). The Morgan fingerprint density at radius 1 is 1.00 bits per heavy atom. The summed E-state index contributed by atoms with van der Waals surface area (Å²) in [4.78, 5) is 39.4. The van der Waals surface area contributed by atoms with Gasteiger partial charge in [0.25, 0.3) is 0 Å². The van der Waals surface area contributed by atoms with E-state index in [-0.39, 0.29) is 30.9 Å². The van der Waals surface area contributed by atoms with Crippen LogP contribution in [0.4, 0.5) is 4.79 Å². The molecule has 1 heterocycles. The first-order valence-electron chi connectivity index (χ1n) is 12.2. The summed E-state index contributed by atoms with van der Waals surface area (Å²) in [5, 5.41) is 11.7. The summed E-state index contributed by atoms with van der Waals surface area (Å²) in [6.07, 6.45) is 0.639. The Labute approximate surface area is 205 Å². The van der Waals surface area contributed by atoms with Gasteiger partial charge >= 0.3 is 12.1 Å². The number of rotatable bonds is 9. The molecule has 2 aromatic carbocycles. The number of nitrogens with zero attached hydrogens (tertiary/aromatic N) is 2. The van der Waals surface area contributed by atoms with E-state index in [1.165, 1.54) is 22.3 Å². The quantitative estimate of drug-likeness (QED) is 0.573. The van der Waals surface area contributed by atoms with Gasteiger partial charge in [-0.25, -0.2) is 4.79 Å². The van der Waals surface area contributed by atoms with E-state index >= 15 is 0 Å². The van der Waals surface area contributed by atoms with Gasteiger partial charge < -0.3 is 20.1 Å². The molecule has 4 rings (SSSR count). The highest BCUT2D eigenvalue weighted by molar-refractivity contribution is 5.79. The zero-order valence-corrected chi connectivity index (χ0v) is 20.1. The van der Waals surface area contributed by atoms with Crippen LogP contribution in [-0.2, 0) is 14.3 Å². The number of piperazine rings is 1. The number of nitrogens with one attached hydrogen (secondary N) is 1. The van der Waals surface area contributed by atoms with Crippen molar-refractivity contribution in [3.05, 3.63) is 59.7 Å². The van der Waals surface area contributed by atoms with Crippen molar-refractivity contribution in [2.24, 2.45) is 5.92 Å². The lowest BCUT2D eigenvalue weighted by molar-refractivity contribution is -0.139. The summed E-state index contributed by atoms with van der Waals surface area (Å²) in [6.45, 7) is 5.00. The van der Waals surface area contributed by atoms with Gasteiger partial charge in [0.1, 0.15) is 6.61 Å². The lowest BCUT2D eigenvalue weighted by Gasteiger charge is -2.34. The molecule has 2 aliphatic rings. The Hall–Kier alpha value is -3.39. The van der Waals surface area contributed by atoms with Gasteiger partial charge in [0.2, 0.25) is 5.91 Å². The second kappa shape index (κ2) is 11.4. The van der Waals surface area contributed by atoms with Gasteiger partial charge in [-0.05, 0) is 34.6 Å². The number of hydrogen-bond acceptors (Lipinski definition) is 5. The molecule has 186 valence electrons. The summed E-state index contributed by atoms with van der Waals surface area (Å²) < 4.78 is 5.56. The Morgan fingerprint density at radius 3 is 2.20 bits per heavy atom. The number of fused-ring (bicyclic) bond motifs is 3. The predicted molar refractivity (Wildman–Crippen MR) is 132 cm³/mol. The number of hydrogen-bond donors (Lipinski definition) is 2. The maximum absolute atomic E-state index is 12.6. The van der Waals surface area contributed by atoms with Crippen LogP contribution in [0.5, 0.6) is 0 Å². The Morgan fingerprint density at radius 2 is 1.60 bits per heavy atom. The maximum Gasteiger partial charge on any atom is 0.407 e. The van der Waals surface area contributed by atoms with Crippen molar-refractivity contribution in [1.82, 2.24) is 15.1 Å². The van der Waals surface area contributed by atoms with Gasteiger partial charge in [-0.15, -0.1) is 0 Å². The average molecular weight is 480 g/mol. The number of carbonyl (C=O) groups excluding carboxylic acids is 2. The maximum atomic E-state index is 12.6. The molecule has 0 bridgehead atoms. The second-order valence-corrected chi connectivity index (χ2v) is 9.40. The zero-order chi connectivity index (χ0) is 24.8. The number of benzene rings is 2. The molecule has 1 unspecified atom stereocenters. The average Bonchev–Trinajstić information content (AvgIpc) is 3.16. The molecule has 1 saturated heterocycles. The molecule has 8 heteroatoms. The van der Waals surface area contributed by atoms with Gasteiger partial charge in [0.05, 0.1) is 6.54 Å². The predicted octanol–water partition coefficient (Wildman–Crippen LogP) is 3.17. The van der Waals surface area contributed by atoms with Crippen LogP contribution in [-0.4, -0.2) is 78.8 Å². The SMILES string of the molecule is CC(CCNC(=O)OCC1c2ccccc2-c2ccccc21)CC(=O)N1CCN(CC(=O)O)CC1. The van der Waals surface area contributed by atoms with Crippen LogP contribution >= 0.6 is 0 Å². The third-order valence-electron chi connectivity index (χ3n) is 6.86. The number of alkyl carbamates (subject to hydrolysis) is 1. The van der Waals surface area contributed by atoms with Crippen LogP contribution in [0.25, 0.3) is 11.1 Å². The van der Waals surface area contributed by atoms with Crippen LogP contribution in [0.2, 0.25) is 0 Å². The molecule has 2 aromatic rings. The van der Waals surface area contributed by atoms with Crippen LogP contribution in [0, 0.1) is 5.92 Å². The van der Waals surface area contributed by atoms with Crippen molar-refractivity contribution in [2.45, 2.75) is 25.7 Å². The largest absolute Gasteiger partial charge is 0.480 e. The number of aliphatic carboxylic acids is 1. The van der Waals surface area contributed by atoms with Gasteiger partial charge in [0.15, 0.2) is 0 Å². The van der Waals surface area contributed by atoms with Crippen molar-refractivity contribution < 1.29 is 24.2 Å². The summed E-state index contributed by atoms with van der Waals surface area (Å²) >= 11 is 0. The van der Waals surface area contributed by atoms with Gasteiger partial charge in [-0.3, -0.25) is 14.5 Å². The minimum absolute atomic E-state index is 0.0139. The van der Waals surface area contributed by atoms with Crippen molar-refractivity contribution in [1.29, 1.82) is 0 Å². The molecule has 2 N–H and O–H groups in total. The Balaban J connectivity index is 1.16. The summed E-state index contributed by atoms with van der Waals surface area (Å²) in [6, 6.07) is 16.5. The van der Waals surface area contributed by atoms with Gasteiger partial charge in [-0.2, -0.15) is 0 Å². The molecule has 0 spiro atoms. The molecule has 1 aliphatic heterocycles. The highest BCUT2D eigenvalue weighted by atomic mass is 16.5. The first kappa shape index (κ1) is 24.7. The van der Waals surface area contributed by atoms with Crippen LogP contribution < -0.4 is 5.32 Å². The number of ether oxygens (including phenoxy) is 1. The van der Waals surface area contributed by atoms with E-state index < -0.39 is 12.1 Å². The minimum Gasteiger partial charge on any atom is -0.480 e. The summed E-state index contributed by atoms with van der Waals surface area (Å²) in [7, 11) is 0. The molecule has 1 aliphatic carbocycles. The van der Waals surface area contributed by atoms with Crippen molar-refractivity contribution in [3.8, 4) is 11.1 Å². The molecule has 8 nitrogen and oxygen atoms in total. The molecule has 0 saturated carbocycles. The fourth-order valence-electron chi connectivity index (χ4n) is 4.95. The van der Waals surface area contributed by atoms with Crippen molar-refractivity contribution in [2.75, 3.05) is 45.9 Å². The van der Waals surface area contributed by atoms with E-state index in [4.69, 9.17) is 9.84 Å². The minimum atomic E-state index is -0.845. The lowest BCUT2D eigenvalue weighted by atomic mass is 9.98. The van der Waals surface area contributed by atoms with E-state index in [1.807, 2.05) is 36.1 Å². The highest BCUT2D eigenvalue weighted by Gasteiger charge is 2.29. The van der Waals surface area contributed by atoms with E-state index in [0.717, 1.165) is 0 Å². The fourth-order valence-corrected chi connectivity index (χ4v) is 4.95. The number of carbonyl (C=O) groups is 3. The van der Waals surface area contributed by atoms with Gasteiger partial charge in [0, 0.05) is 45.1 Å². The molecule has 1 atom stereocenters. The Kier molecular flexibility index (Phi) is 8.02. The van der Waals surface area contributed by atoms with Crippen LogP contribution in [0.3, 0.4) is 0 Å². The molecule has 0 aromatic heterocycles. The zero-order valence-electron chi connectivity index (χ0n) is 20.1. The topological polar surface area (TPSA) is 99.2 Å². The number of amides is 2. The first-order valence-corrected chi connectivity index (χ1v) is 12.2. The highest BCUT2D eigenvalue weighted by Crippen LogP contribution is 2.44. The monoisotopic (exact) mass is 479 g/mol.